The predicted molar refractivity (Wildman–Crippen MR) is 76.3 cm³/mol. The normalized spacial score (nSPS) is 23.2. The quantitative estimate of drug-likeness (QED) is 0.891. The molecule has 0 saturated carbocycles. The van der Waals surface area contributed by atoms with Crippen molar-refractivity contribution in [3.63, 3.8) is 0 Å². The molecule has 0 amide bonds. The van der Waals surface area contributed by atoms with E-state index < -0.39 is 6.10 Å². The molecule has 19 heavy (non-hydrogen) atoms. The van der Waals surface area contributed by atoms with Gasteiger partial charge in [-0.15, -0.1) is 0 Å². The molecule has 0 bridgehead atoms. The van der Waals surface area contributed by atoms with Crippen molar-refractivity contribution < 1.29 is 9.84 Å². The van der Waals surface area contributed by atoms with Gasteiger partial charge in [0.25, 0.3) is 0 Å². The Balaban J connectivity index is 2.36. The lowest BCUT2D eigenvalue weighted by molar-refractivity contribution is -0.133. The van der Waals surface area contributed by atoms with E-state index >= 15 is 0 Å². The maximum atomic E-state index is 9.90. The highest BCUT2D eigenvalue weighted by Crippen LogP contribution is 2.33. The fourth-order valence-electron chi connectivity index (χ4n) is 2.94. The van der Waals surface area contributed by atoms with Crippen molar-refractivity contribution in [3.8, 4) is 0 Å². The van der Waals surface area contributed by atoms with Crippen LogP contribution in [0.4, 0.5) is 5.82 Å². The summed E-state index contributed by atoms with van der Waals surface area (Å²) >= 11 is 0. The van der Waals surface area contributed by atoms with E-state index in [4.69, 9.17) is 4.74 Å². The summed E-state index contributed by atoms with van der Waals surface area (Å²) < 4.78 is 6.08. The predicted octanol–water partition coefficient (Wildman–Crippen LogP) is 2.53. The van der Waals surface area contributed by atoms with Crippen molar-refractivity contribution >= 4 is 5.82 Å². The average molecular weight is 264 g/mol. The fourth-order valence-corrected chi connectivity index (χ4v) is 2.94. The van der Waals surface area contributed by atoms with Gasteiger partial charge in [-0.05, 0) is 40.7 Å². The first-order valence-electron chi connectivity index (χ1n) is 6.78. The Hall–Kier alpha value is -1.13. The average Bonchev–Trinajstić information content (AvgIpc) is 2.24. The zero-order valence-corrected chi connectivity index (χ0v) is 12.5. The van der Waals surface area contributed by atoms with Gasteiger partial charge in [0.1, 0.15) is 5.82 Å². The summed E-state index contributed by atoms with van der Waals surface area (Å²) in [5.41, 5.74) is 0.417. The second-order valence-electron chi connectivity index (χ2n) is 6.57. The van der Waals surface area contributed by atoms with Gasteiger partial charge >= 0.3 is 0 Å². The number of pyridine rings is 1. The zero-order valence-electron chi connectivity index (χ0n) is 12.5. The maximum Gasteiger partial charge on any atom is 0.134 e. The van der Waals surface area contributed by atoms with Crippen molar-refractivity contribution in [2.45, 2.75) is 51.9 Å². The third kappa shape index (κ3) is 3.25. The van der Waals surface area contributed by atoms with Crippen molar-refractivity contribution in [1.82, 2.24) is 4.98 Å². The van der Waals surface area contributed by atoms with E-state index in [-0.39, 0.29) is 11.2 Å². The minimum atomic E-state index is -0.516. The van der Waals surface area contributed by atoms with Crippen LogP contribution >= 0.6 is 0 Å². The smallest absolute Gasteiger partial charge is 0.134 e. The number of nitrogens with zero attached hydrogens (tertiary/aromatic N) is 2. The molecule has 1 atom stereocenters. The van der Waals surface area contributed by atoms with Crippen LogP contribution in [0.1, 0.15) is 46.3 Å². The van der Waals surface area contributed by atoms with Crippen LogP contribution in [0.5, 0.6) is 0 Å². The summed E-state index contributed by atoms with van der Waals surface area (Å²) in [7, 11) is 0. The molecule has 106 valence electrons. The molecule has 0 aliphatic carbocycles. The first kappa shape index (κ1) is 14.3. The summed E-state index contributed by atoms with van der Waals surface area (Å²) in [5, 5.41) is 9.90. The van der Waals surface area contributed by atoms with Crippen LogP contribution in [0, 0.1) is 0 Å². The van der Waals surface area contributed by atoms with Crippen molar-refractivity contribution in [1.29, 1.82) is 0 Å². The van der Waals surface area contributed by atoms with Gasteiger partial charge in [0.05, 0.1) is 17.3 Å². The van der Waals surface area contributed by atoms with E-state index in [9.17, 15) is 5.11 Å². The molecule has 4 nitrogen and oxygen atoms in total. The topological polar surface area (TPSA) is 45.6 Å². The number of hydrogen-bond acceptors (Lipinski definition) is 4. The van der Waals surface area contributed by atoms with Crippen LogP contribution in [-0.2, 0) is 4.74 Å². The molecule has 1 saturated heterocycles. The second-order valence-corrected chi connectivity index (χ2v) is 6.57. The lowest BCUT2D eigenvalue weighted by atomic mass is 9.98. The van der Waals surface area contributed by atoms with Gasteiger partial charge in [-0.1, -0.05) is 6.07 Å². The maximum absolute atomic E-state index is 9.90. The van der Waals surface area contributed by atoms with Gasteiger partial charge in [-0.25, -0.2) is 4.98 Å². The SMILES string of the molecule is C[C@H](O)c1cccnc1N1CC(C)(C)OC(C)(C)C1. The summed E-state index contributed by atoms with van der Waals surface area (Å²) in [6, 6.07) is 3.80. The summed E-state index contributed by atoms with van der Waals surface area (Å²) in [4.78, 5) is 6.68. The summed E-state index contributed by atoms with van der Waals surface area (Å²) in [5.74, 6) is 0.863. The van der Waals surface area contributed by atoms with Crippen LogP contribution in [0.2, 0.25) is 0 Å². The largest absolute Gasteiger partial charge is 0.389 e. The van der Waals surface area contributed by atoms with Crippen molar-refractivity contribution in [2.24, 2.45) is 0 Å². The van der Waals surface area contributed by atoms with Gasteiger partial charge < -0.3 is 14.7 Å². The van der Waals surface area contributed by atoms with E-state index in [0.29, 0.717) is 0 Å². The highest BCUT2D eigenvalue weighted by atomic mass is 16.5. The van der Waals surface area contributed by atoms with Gasteiger partial charge in [-0.2, -0.15) is 0 Å². The molecule has 2 rings (SSSR count). The Bertz CT molecular complexity index is 439. The Morgan fingerprint density at radius 1 is 1.26 bits per heavy atom. The lowest BCUT2D eigenvalue weighted by Crippen LogP contribution is -2.57. The minimum Gasteiger partial charge on any atom is -0.389 e. The van der Waals surface area contributed by atoms with Crippen LogP contribution in [0.15, 0.2) is 18.3 Å². The Morgan fingerprint density at radius 3 is 2.37 bits per heavy atom. The van der Waals surface area contributed by atoms with Gasteiger partial charge in [0.2, 0.25) is 0 Å². The molecule has 0 spiro atoms. The number of morpholine rings is 1. The highest BCUT2D eigenvalue weighted by molar-refractivity contribution is 5.49. The number of aliphatic hydroxyl groups excluding tert-OH is 1. The molecular formula is C15H24N2O2. The molecule has 0 aromatic carbocycles. The van der Waals surface area contributed by atoms with E-state index in [1.807, 2.05) is 12.1 Å². The molecule has 1 N–H and O–H groups in total. The van der Waals surface area contributed by atoms with E-state index in [1.54, 1.807) is 13.1 Å². The molecule has 0 radical (unpaired) electrons. The van der Waals surface area contributed by atoms with Crippen LogP contribution in [-0.4, -0.2) is 34.4 Å². The van der Waals surface area contributed by atoms with Crippen LogP contribution in [0.3, 0.4) is 0 Å². The van der Waals surface area contributed by atoms with E-state index in [2.05, 4.69) is 37.6 Å². The number of hydrogen-bond donors (Lipinski definition) is 1. The van der Waals surface area contributed by atoms with Gasteiger partial charge in [-0.3, -0.25) is 0 Å². The van der Waals surface area contributed by atoms with Crippen molar-refractivity contribution in [2.75, 3.05) is 18.0 Å². The molecule has 1 aliphatic heterocycles. The van der Waals surface area contributed by atoms with Gasteiger partial charge in [0, 0.05) is 24.8 Å². The van der Waals surface area contributed by atoms with Gasteiger partial charge in [0.15, 0.2) is 0 Å². The molecule has 0 unspecified atom stereocenters. The van der Waals surface area contributed by atoms with E-state index in [0.717, 1.165) is 24.5 Å². The zero-order chi connectivity index (χ0) is 14.3. The van der Waals surface area contributed by atoms with Crippen LogP contribution < -0.4 is 4.90 Å². The number of anilines is 1. The highest BCUT2D eigenvalue weighted by Gasteiger charge is 2.39. The fraction of sp³-hybridized carbons (Fsp3) is 0.667. The summed E-state index contributed by atoms with van der Waals surface area (Å²) in [6.07, 6.45) is 1.26. The molecule has 1 aromatic rings. The number of aliphatic hydroxyl groups is 1. The van der Waals surface area contributed by atoms with Crippen molar-refractivity contribution in [3.05, 3.63) is 23.9 Å². The number of ether oxygens (including phenoxy) is 1. The minimum absolute atomic E-state index is 0.227. The Labute approximate surface area is 115 Å². The first-order chi connectivity index (χ1) is 8.70. The van der Waals surface area contributed by atoms with E-state index in [1.165, 1.54) is 0 Å². The second kappa shape index (κ2) is 4.76. The molecule has 1 aliphatic rings. The first-order valence-corrected chi connectivity index (χ1v) is 6.78. The number of rotatable bonds is 2. The third-order valence-electron chi connectivity index (χ3n) is 3.26. The third-order valence-corrected chi connectivity index (χ3v) is 3.26. The standard InChI is InChI=1S/C15H24N2O2/c1-11(18)12-7-6-8-16-13(12)17-9-14(2,3)19-15(4,5)10-17/h6-8,11,18H,9-10H2,1-5H3/t11-/m0/s1. The molecule has 2 heterocycles. The number of aromatic nitrogens is 1. The monoisotopic (exact) mass is 264 g/mol. The Morgan fingerprint density at radius 2 is 1.84 bits per heavy atom. The molecular weight excluding hydrogens is 240 g/mol. The molecule has 1 aromatic heterocycles. The van der Waals surface area contributed by atoms with Crippen LogP contribution in [0.25, 0.3) is 0 Å². The molecule has 1 fully saturated rings. The lowest BCUT2D eigenvalue weighted by Gasteiger charge is -2.48. The Kier molecular flexibility index (Phi) is 3.58. The molecule has 4 heteroatoms. The summed E-state index contributed by atoms with van der Waals surface area (Å²) in [6.45, 7) is 11.7.